The van der Waals surface area contributed by atoms with Gasteiger partial charge in [-0.2, -0.15) is 0 Å². The van der Waals surface area contributed by atoms with E-state index in [0.717, 1.165) is 4.90 Å². The third-order valence-electron chi connectivity index (χ3n) is 3.18. The maximum Gasteiger partial charge on any atom is 0.342 e. The van der Waals surface area contributed by atoms with E-state index in [1.165, 1.54) is 24.9 Å². The van der Waals surface area contributed by atoms with Gasteiger partial charge in [-0.15, -0.1) is 11.8 Å². The average molecular weight is 333 g/mol. The lowest BCUT2D eigenvalue weighted by Gasteiger charge is -2.10. The number of methoxy groups -OCH3 is 1. The molecule has 0 N–H and O–H groups in total. The van der Waals surface area contributed by atoms with Gasteiger partial charge in [0, 0.05) is 11.0 Å². The van der Waals surface area contributed by atoms with Gasteiger partial charge in [0.05, 0.1) is 17.6 Å². The number of rotatable bonds is 6. The number of nitro groups is 1. The molecule has 23 heavy (non-hydrogen) atoms. The van der Waals surface area contributed by atoms with Gasteiger partial charge < -0.3 is 9.47 Å². The van der Waals surface area contributed by atoms with Crippen molar-refractivity contribution < 1.29 is 19.2 Å². The van der Waals surface area contributed by atoms with Crippen LogP contribution in [0.1, 0.15) is 15.9 Å². The van der Waals surface area contributed by atoms with Crippen molar-refractivity contribution in [3.05, 3.63) is 63.7 Å². The number of esters is 1. The number of thioether (sulfide) groups is 1. The van der Waals surface area contributed by atoms with Crippen molar-refractivity contribution in [1.82, 2.24) is 0 Å². The molecule has 0 aliphatic carbocycles. The second kappa shape index (κ2) is 7.64. The fourth-order valence-corrected chi connectivity index (χ4v) is 2.43. The lowest BCUT2D eigenvalue weighted by molar-refractivity contribution is -0.385. The minimum atomic E-state index is -0.590. The van der Waals surface area contributed by atoms with E-state index in [2.05, 4.69) is 0 Å². The Morgan fingerprint density at radius 2 is 2.00 bits per heavy atom. The summed E-state index contributed by atoms with van der Waals surface area (Å²) < 4.78 is 10.4. The van der Waals surface area contributed by atoms with Gasteiger partial charge in [0.15, 0.2) is 0 Å². The number of nitrogens with zero attached hydrogens (tertiary/aromatic N) is 1. The third-order valence-corrected chi connectivity index (χ3v) is 3.90. The first-order chi connectivity index (χ1) is 11.1. The molecule has 0 saturated heterocycles. The van der Waals surface area contributed by atoms with Gasteiger partial charge in [-0.25, -0.2) is 4.79 Å². The standard InChI is InChI=1S/C16H15NO5S/c1-21-15-9-12(23-2)7-8-13(15)16(18)22-10-11-5-3-4-6-14(11)17(19)20/h3-9H,10H2,1-2H3. The predicted molar refractivity (Wildman–Crippen MR) is 87.0 cm³/mol. The molecular weight excluding hydrogens is 318 g/mol. The Kier molecular flexibility index (Phi) is 5.59. The number of benzene rings is 2. The van der Waals surface area contributed by atoms with E-state index >= 15 is 0 Å². The van der Waals surface area contributed by atoms with Gasteiger partial charge in [0.2, 0.25) is 0 Å². The van der Waals surface area contributed by atoms with Crippen molar-refractivity contribution in [2.75, 3.05) is 13.4 Å². The Balaban J connectivity index is 2.16. The minimum Gasteiger partial charge on any atom is -0.496 e. The second-order valence-electron chi connectivity index (χ2n) is 4.53. The normalized spacial score (nSPS) is 10.2. The van der Waals surface area contributed by atoms with Crippen LogP contribution in [0.25, 0.3) is 0 Å². The maximum atomic E-state index is 12.2. The van der Waals surface area contributed by atoms with Gasteiger partial charge >= 0.3 is 5.97 Å². The molecule has 2 rings (SSSR count). The molecule has 7 heteroatoms. The molecule has 0 bridgehead atoms. The van der Waals surface area contributed by atoms with E-state index in [1.54, 1.807) is 36.4 Å². The Hall–Kier alpha value is -2.54. The molecule has 0 atom stereocenters. The highest BCUT2D eigenvalue weighted by Gasteiger charge is 2.17. The highest BCUT2D eigenvalue weighted by Crippen LogP contribution is 2.26. The van der Waals surface area contributed by atoms with Crippen LogP contribution in [0, 0.1) is 10.1 Å². The van der Waals surface area contributed by atoms with Crippen molar-refractivity contribution in [2.24, 2.45) is 0 Å². The molecule has 0 aliphatic rings. The summed E-state index contributed by atoms with van der Waals surface area (Å²) in [6.45, 7) is -0.177. The van der Waals surface area contributed by atoms with Crippen molar-refractivity contribution in [2.45, 2.75) is 11.5 Å². The summed E-state index contributed by atoms with van der Waals surface area (Å²) in [5.74, 6) is -0.183. The zero-order valence-electron chi connectivity index (χ0n) is 12.6. The maximum absolute atomic E-state index is 12.2. The fourth-order valence-electron chi connectivity index (χ4n) is 2.00. The third kappa shape index (κ3) is 4.01. The SMILES string of the molecule is COc1cc(SC)ccc1C(=O)OCc1ccccc1[N+](=O)[O-]. The number of carbonyl (C=O) groups is 1. The molecule has 2 aromatic rings. The highest BCUT2D eigenvalue weighted by molar-refractivity contribution is 7.98. The average Bonchev–Trinajstić information content (AvgIpc) is 2.59. The van der Waals surface area contributed by atoms with Gasteiger partial charge in [-0.3, -0.25) is 10.1 Å². The first kappa shape index (κ1) is 16.8. The zero-order chi connectivity index (χ0) is 16.8. The predicted octanol–water partition coefficient (Wildman–Crippen LogP) is 3.68. The molecule has 0 amide bonds. The smallest absolute Gasteiger partial charge is 0.342 e. The fraction of sp³-hybridized carbons (Fsp3) is 0.188. The van der Waals surface area contributed by atoms with Crippen LogP contribution in [-0.4, -0.2) is 24.3 Å². The number of hydrogen-bond donors (Lipinski definition) is 0. The van der Waals surface area contributed by atoms with Crippen molar-refractivity contribution in [3.63, 3.8) is 0 Å². The number of carbonyl (C=O) groups excluding carboxylic acids is 1. The Labute approximate surface area is 137 Å². The molecule has 2 aromatic carbocycles. The quantitative estimate of drug-likeness (QED) is 0.347. The minimum absolute atomic E-state index is 0.0787. The molecular formula is C16H15NO5S. The van der Waals surface area contributed by atoms with Crippen LogP contribution in [0.2, 0.25) is 0 Å². The van der Waals surface area contributed by atoms with E-state index in [-0.39, 0.29) is 17.9 Å². The van der Waals surface area contributed by atoms with Crippen LogP contribution in [-0.2, 0) is 11.3 Å². The monoisotopic (exact) mass is 333 g/mol. The van der Waals surface area contributed by atoms with Gasteiger partial charge in [-0.1, -0.05) is 12.1 Å². The lowest BCUT2D eigenvalue weighted by Crippen LogP contribution is -2.08. The molecule has 0 unspecified atom stereocenters. The largest absolute Gasteiger partial charge is 0.496 e. The van der Waals surface area contributed by atoms with Crippen LogP contribution in [0.15, 0.2) is 47.4 Å². The summed E-state index contributed by atoms with van der Waals surface area (Å²) in [6.07, 6.45) is 1.92. The summed E-state index contributed by atoms with van der Waals surface area (Å²) in [4.78, 5) is 23.6. The molecule has 6 nitrogen and oxygen atoms in total. The molecule has 0 aliphatic heterocycles. The summed E-state index contributed by atoms with van der Waals surface area (Å²) in [6, 6.07) is 11.3. The first-order valence-electron chi connectivity index (χ1n) is 6.68. The Bertz CT molecular complexity index is 732. The van der Waals surface area contributed by atoms with E-state index < -0.39 is 10.9 Å². The number of hydrogen-bond acceptors (Lipinski definition) is 6. The Morgan fingerprint density at radius 1 is 1.26 bits per heavy atom. The number of para-hydroxylation sites is 1. The van der Waals surface area contributed by atoms with Crippen molar-refractivity contribution >= 4 is 23.4 Å². The highest BCUT2D eigenvalue weighted by atomic mass is 32.2. The van der Waals surface area contributed by atoms with Crippen molar-refractivity contribution in [3.8, 4) is 5.75 Å². The number of nitro benzene ring substituents is 1. The topological polar surface area (TPSA) is 78.7 Å². The molecule has 0 heterocycles. The molecule has 0 aromatic heterocycles. The lowest BCUT2D eigenvalue weighted by atomic mass is 10.2. The summed E-state index contributed by atoms with van der Waals surface area (Å²) >= 11 is 1.53. The van der Waals surface area contributed by atoms with E-state index in [4.69, 9.17) is 9.47 Å². The summed E-state index contributed by atoms with van der Waals surface area (Å²) in [5.41, 5.74) is 0.541. The summed E-state index contributed by atoms with van der Waals surface area (Å²) in [7, 11) is 1.47. The molecule has 0 fully saturated rings. The number of ether oxygens (including phenoxy) is 2. The molecule has 0 spiro atoms. The summed E-state index contributed by atoms with van der Waals surface area (Å²) in [5, 5.41) is 11.0. The van der Waals surface area contributed by atoms with Crippen LogP contribution >= 0.6 is 11.8 Å². The van der Waals surface area contributed by atoms with E-state index in [1.807, 2.05) is 6.26 Å². The first-order valence-corrected chi connectivity index (χ1v) is 7.90. The van der Waals surface area contributed by atoms with Crippen molar-refractivity contribution in [1.29, 1.82) is 0 Å². The van der Waals surface area contributed by atoms with Crippen LogP contribution in [0.3, 0.4) is 0 Å². The van der Waals surface area contributed by atoms with Crippen LogP contribution in [0.4, 0.5) is 5.69 Å². The molecule has 0 saturated carbocycles. The van der Waals surface area contributed by atoms with Gasteiger partial charge in [0.25, 0.3) is 5.69 Å². The second-order valence-corrected chi connectivity index (χ2v) is 5.41. The van der Waals surface area contributed by atoms with E-state index in [9.17, 15) is 14.9 Å². The molecule has 0 radical (unpaired) electrons. The van der Waals surface area contributed by atoms with Gasteiger partial charge in [0.1, 0.15) is 17.9 Å². The Morgan fingerprint density at radius 3 is 2.65 bits per heavy atom. The van der Waals surface area contributed by atoms with Crippen LogP contribution in [0.5, 0.6) is 5.75 Å². The van der Waals surface area contributed by atoms with Crippen LogP contribution < -0.4 is 4.74 Å². The zero-order valence-corrected chi connectivity index (χ0v) is 13.5. The van der Waals surface area contributed by atoms with E-state index in [0.29, 0.717) is 11.3 Å². The molecule has 120 valence electrons. The van der Waals surface area contributed by atoms with Gasteiger partial charge in [-0.05, 0) is 30.5 Å².